The normalized spacial score (nSPS) is 20.0. The van der Waals surface area contributed by atoms with Crippen molar-refractivity contribution < 1.29 is 13.9 Å². The number of piperidine rings is 1. The number of ether oxygens (including phenoxy) is 1. The number of Topliss-reactive ketones (excluding diaryl/α,β-unsaturated/α-hetero) is 1. The van der Waals surface area contributed by atoms with Crippen LogP contribution in [0.4, 0.5) is 4.39 Å². The van der Waals surface area contributed by atoms with Crippen molar-refractivity contribution in [3.05, 3.63) is 29.6 Å². The van der Waals surface area contributed by atoms with Crippen LogP contribution in [0.2, 0.25) is 0 Å². The van der Waals surface area contributed by atoms with E-state index >= 15 is 0 Å². The second kappa shape index (κ2) is 5.27. The molecular weight excluding hydrogens is 221 g/mol. The maximum atomic E-state index is 13.9. The number of hydrogen-bond acceptors (Lipinski definition) is 3. The van der Waals surface area contributed by atoms with Crippen LogP contribution < -0.4 is 10.1 Å². The largest absolute Gasteiger partial charge is 0.494 e. The first-order chi connectivity index (χ1) is 8.24. The van der Waals surface area contributed by atoms with Gasteiger partial charge in [0.25, 0.3) is 0 Å². The molecule has 2 rings (SSSR count). The Morgan fingerprint density at radius 2 is 2.35 bits per heavy atom. The molecule has 1 saturated heterocycles. The Labute approximate surface area is 100.0 Å². The van der Waals surface area contributed by atoms with Crippen molar-refractivity contribution in [3.63, 3.8) is 0 Å². The minimum atomic E-state index is -0.550. The van der Waals surface area contributed by atoms with E-state index in [2.05, 4.69) is 5.32 Å². The second-order valence-corrected chi connectivity index (χ2v) is 4.23. The van der Waals surface area contributed by atoms with Crippen molar-refractivity contribution in [3.8, 4) is 5.75 Å². The van der Waals surface area contributed by atoms with Crippen molar-refractivity contribution in [2.24, 2.45) is 5.92 Å². The van der Waals surface area contributed by atoms with Gasteiger partial charge in [-0.25, -0.2) is 4.39 Å². The molecule has 0 saturated carbocycles. The number of halogens is 1. The molecule has 1 heterocycles. The third-order valence-electron chi connectivity index (χ3n) is 3.12. The summed E-state index contributed by atoms with van der Waals surface area (Å²) in [4.78, 5) is 12.2. The quantitative estimate of drug-likeness (QED) is 0.817. The van der Waals surface area contributed by atoms with Crippen molar-refractivity contribution in [1.82, 2.24) is 5.32 Å². The summed E-state index contributed by atoms with van der Waals surface area (Å²) in [5, 5.41) is 3.16. The van der Waals surface area contributed by atoms with Crippen LogP contribution in [-0.4, -0.2) is 26.0 Å². The minimum absolute atomic E-state index is 0.120. The number of hydrogen-bond donors (Lipinski definition) is 1. The van der Waals surface area contributed by atoms with Gasteiger partial charge in [-0.3, -0.25) is 4.79 Å². The van der Waals surface area contributed by atoms with E-state index in [1.165, 1.54) is 19.2 Å². The molecule has 1 aliphatic heterocycles. The SMILES string of the molecule is COc1cccc(C(=O)C2CCCNC2)c1F. The molecule has 1 aliphatic rings. The van der Waals surface area contributed by atoms with Crippen LogP contribution in [0.3, 0.4) is 0 Å². The van der Waals surface area contributed by atoms with E-state index in [0.717, 1.165) is 19.4 Å². The number of carbonyl (C=O) groups is 1. The molecule has 0 bridgehead atoms. The first kappa shape index (κ1) is 12.0. The highest BCUT2D eigenvalue weighted by Crippen LogP contribution is 2.24. The Morgan fingerprint density at radius 1 is 1.53 bits per heavy atom. The Balaban J connectivity index is 2.23. The minimum Gasteiger partial charge on any atom is -0.494 e. The van der Waals surface area contributed by atoms with Crippen LogP contribution in [-0.2, 0) is 0 Å². The maximum absolute atomic E-state index is 13.9. The average molecular weight is 237 g/mol. The van der Waals surface area contributed by atoms with Crippen LogP contribution in [0.1, 0.15) is 23.2 Å². The summed E-state index contributed by atoms with van der Waals surface area (Å²) in [6.45, 7) is 1.57. The van der Waals surface area contributed by atoms with Crippen LogP contribution in [0.25, 0.3) is 0 Å². The molecule has 0 spiro atoms. The lowest BCUT2D eigenvalue weighted by Gasteiger charge is -2.21. The lowest BCUT2D eigenvalue weighted by atomic mass is 9.90. The van der Waals surface area contributed by atoms with Gasteiger partial charge >= 0.3 is 0 Å². The molecule has 1 fully saturated rings. The van der Waals surface area contributed by atoms with Crippen LogP contribution in [0, 0.1) is 11.7 Å². The molecule has 4 heteroatoms. The van der Waals surface area contributed by atoms with Gasteiger partial charge in [0.1, 0.15) is 0 Å². The number of methoxy groups -OCH3 is 1. The summed E-state index contributed by atoms with van der Waals surface area (Å²) in [7, 11) is 1.40. The van der Waals surface area contributed by atoms with E-state index in [0.29, 0.717) is 6.54 Å². The van der Waals surface area contributed by atoms with Gasteiger partial charge in [0, 0.05) is 12.5 Å². The van der Waals surface area contributed by atoms with E-state index in [-0.39, 0.29) is 23.0 Å². The van der Waals surface area contributed by atoms with Gasteiger partial charge < -0.3 is 10.1 Å². The number of benzene rings is 1. The fraction of sp³-hybridized carbons (Fsp3) is 0.462. The van der Waals surface area contributed by atoms with Crippen molar-refractivity contribution in [1.29, 1.82) is 0 Å². The summed E-state index contributed by atoms with van der Waals surface area (Å²) in [6.07, 6.45) is 1.78. The zero-order valence-corrected chi connectivity index (χ0v) is 9.83. The van der Waals surface area contributed by atoms with E-state index in [4.69, 9.17) is 4.74 Å². The Morgan fingerprint density at radius 3 is 3.00 bits per heavy atom. The molecule has 0 amide bonds. The van der Waals surface area contributed by atoms with E-state index < -0.39 is 5.82 Å². The summed E-state index contributed by atoms with van der Waals surface area (Å²) in [5.41, 5.74) is 0.137. The molecule has 3 nitrogen and oxygen atoms in total. The van der Waals surface area contributed by atoms with Crippen LogP contribution >= 0.6 is 0 Å². The fourth-order valence-corrected chi connectivity index (χ4v) is 2.15. The van der Waals surface area contributed by atoms with Gasteiger partial charge in [-0.05, 0) is 31.5 Å². The van der Waals surface area contributed by atoms with Gasteiger partial charge in [-0.1, -0.05) is 6.07 Å². The van der Waals surface area contributed by atoms with Gasteiger partial charge in [0.05, 0.1) is 12.7 Å². The van der Waals surface area contributed by atoms with E-state index in [9.17, 15) is 9.18 Å². The molecule has 17 heavy (non-hydrogen) atoms. The first-order valence-corrected chi connectivity index (χ1v) is 5.81. The number of ketones is 1. The van der Waals surface area contributed by atoms with Gasteiger partial charge in [-0.15, -0.1) is 0 Å². The topological polar surface area (TPSA) is 38.3 Å². The molecule has 92 valence electrons. The highest BCUT2D eigenvalue weighted by Gasteiger charge is 2.25. The third kappa shape index (κ3) is 2.47. The second-order valence-electron chi connectivity index (χ2n) is 4.23. The van der Waals surface area contributed by atoms with Gasteiger partial charge in [0.15, 0.2) is 17.3 Å². The fourth-order valence-electron chi connectivity index (χ4n) is 2.15. The van der Waals surface area contributed by atoms with Gasteiger partial charge in [0.2, 0.25) is 0 Å². The van der Waals surface area contributed by atoms with Gasteiger partial charge in [-0.2, -0.15) is 0 Å². The van der Waals surface area contributed by atoms with Crippen molar-refractivity contribution in [2.45, 2.75) is 12.8 Å². The maximum Gasteiger partial charge on any atom is 0.175 e. The molecule has 0 aliphatic carbocycles. The summed E-state index contributed by atoms with van der Waals surface area (Å²) >= 11 is 0. The van der Waals surface area contributed by atoms with Crippen LogP contribution in [0.5, 0.6) is 5.75 Å². The highest BCUT2D eigenvalue weighted by molar-refractivity contribution is 5.98. The average Bonchev–Trinajstić information content (AvgIpc) is 2.39. The zero-order valence-electron chi connectivity index (χ0n) is 9.83. The van der Waals surface area contributed by atoms with E-state index in [1.54, 1.807) is 6.07 Å². The van der Waals surface area contributed by atoms with Crippen molar-refractivity contribution in [2.75, 3.05) is 20.2 Å². The molecule has 1 aromatic carbocycles. The molecule has 1 N–H and O–H groups in total. The summed E-state index contributed by atoms with van der Waals surface area (Å²) in [6, 6.07) is 4.69. The smallest absolute Gasteiger partial charge is 0.175 e. The standard InChI is InChI=1S/C13H16FNO2/c1-17-11-6-2-5-10(12(11)14)13(16)9-4-3-7-15-8-9/h2,5-6,9,15H,3-4,7-8H2,1H3. The molecule has 0 radical (unpaired) electrons. The zero-order chi connectivity index (χ0) is 12.3. The first-order valence-electron chi connectivity index (χ1n) is 5.81. The van der Waals surface area contributed by atoms with E-state index in [1.807, 2.05) is 0 Å². The lowest BCUT2D eigenvalue weighted by Crippen LogP contribution is -2.34. The Hall–Kier alpha value is -1.42. The monoisotopic (exact) mass is 237 g/mol. The molecule has 1 atom stereocenters. The predicted octanol–water partition coefficient (Wildman–Crippen LogP) is 2.02. The highest BCUT2D eigenvalue weighted by atomic mass is 19.1. The Bertz CT molecular complexity index is 414. The van der Waals surface area contributed by atoms with Crippen LogP contribution in [0.15, 0.2) is 18.2 Å². The number of nitrogens with one attached hydrogen (secondary N) is 1. The lowest BCUT2D eigenvalue weighted by molar-refractivity contribution is 0.0894. The molecule has 0 aromatic heterocycles. The number of carbonyl (C=O) groups excluding carboxylic acids is 1. The summed E-state index contributed by atoms with van der Waals surface area (Å²) in [5.74, 6) is -0.677. The molecular formula is C13H16FNO2. The predicted molar refractivity (Wildman–Crippen MR) is 62.9 cm³/mol. The molecule has 1 aromatic rings. The Kier molecular flexibility index (Phi) is 3.74. The number of rotatable bonds is 3. The summed E-state index contributed by atoms with van der Waals surface area (Å²) < 4.78 is 18.8. The third-order valence-corrected chi connectivity index (χ3v) is 3.12. The van der Waals surface area contributed by atoms with Crippen molar-refractivity contribution >= 4 is 5.78 Å². The molecule has 1 unspecified atom stereocenters.